The van der Waals surface area contributed by atoms with Crippen molar-refractivity contribution in [2.45, 2.75) is 20.3 Å². The number of halogens is 1. The van der Waals surface area contributed by atoms with Crippen molar-refractivity contribution in [1.82, 2.24) is 0 Å². The molecule has 0 spiro atoms. The standard InChI is InChI=1S/C11H9ClN4/c1-3-8-9(15-5-13)4-7(2)11(10(8)12)16-6-14/h4H,3H2,1-2H3. The van der Waals surface area contributed by atoms with E-state index >= 15 is 0 Å². The molecule has 4 nitrogen and oxygen atoms in total. The summed E-state index contributed by atoms with van der Waals surface area (Å²) in [6, 6.07) is 0. The summed E-state index contributed by atoms with van der Waals surface area (Å²) in [4.78, 5) is 7.36. The molecule has 0 radical (unpaired) electrons. The average molecular weight is 233 g/mol. The zero-order valence-electron chi connectivity index (χ0n) is 8.95. The summed E-state index contributed by atoms with van der Waals surface area (Å²) in [5.74, 6) is 0. The van der Waals surface area contributed by atoms with Crippen molar-refractivity contribution in [1.29, 1.82) is 10.5 Å². The predicted octanol–water partition coefficient (Wildman–Crippen LogP) is 2.69. The lowest BCUT2D eigenvalue weighted by molar-refractivity contribution is 1.16. The Bertz CT molecular complexity index is 509. The average Bonchev–Trinajstić information content (AvgIpc) is 2.25. The van der Waals surface area contributed by atoms with Gasteiger partial charge in [-0.05, 0) is 30.6 Å². The van der Waals surface area contributed by atoms with Gasteiger partial charge < -0.3 is 0 Å². The molecule has 0 unspecified atom stereocenters. The third-order valence-corrected chi connectivity index (χ3v) is 2.60. The van der Waals surface area contributed by atoms with Gasteiger partial charge in [-0.1, -0.05) is 18.5 Å². The molecular formula is C11H9ClN4. The number of hydrogen-bond donors (Lipinski definition) is 0. The summed E-state index contributed by atoms with van der Waals surface area (Å²) in [5.41, 5.74) is 2.47. The number of nitrogens with zero attached hydrogens (tertiary/aromatic N) is 4. The third-order valence-electron chi connectivity index (χ3n) is 2.19. The minimum atomic E-state index is 0.401. The molecule has 1 aliphatic rings. The molecule has 0 aromatic carbocycles. The quantitative estimate of drug-likeness (QED) is 0.515. The molecular weight excluding hydrogens is 224 g/mol. The van der Waals surface area contributed by atoms with Gasteiger partial charge >= 0.3 is 0 Å². The molecule has 16 heavy (non-hydrogen) atoms. The van der Waals surface area contributed by atoms with Crippen molar-refractivity contribution < 1.29 is 0 Å². The van der Waals surface area contributed by atoms with Crippen molar-refractivity contribution in [3.8, 4) is 12.4 Å². The van der Waals surface area contributed by atoms with E-state index in [1.165, 1.54) is 0 Å². The molecule has 1 aliphatic carbocycles. The second-order valence-electron chi connectivity index (χ2n) is 3.13. The fourth-order valence-corrected chi connectivity index (χ4v) is 1.89. The Balaban J connectivity index is 3.40. The monoisotopic (exact) mass is 232 g/mol. The highest BCUT2D eigenvalue weighted by molar-refractivity contribution is 6.50. The van der Waals surface area contributed by atoms with E-state index in [9.17, 15) is 0 Å². The van der Waals surface area contributed by atoms with Crippen LogP contribution in [0.15, 0.2) is 32.2 Å². The lowest BCUT2D eigenvalue weighted by Gasteiger charge is -2.16. The first kappa shape index (κ1) is 12.2. The molecule has 0 aromatic heterocycles. The highest BCUT2D eigenvalue weighted by Crippen LogP contribution is 2.26. The summed E-state index contributed by atoms with van der Waals surface area (Å²) in [6.07, 6.45) is 5.79. The SMILES string of the molecule is CCC1=C(Cl)C(=NC#N)C(C)=CC1=NC#N. The molecule has 80 valence electrons. The fraction of sp³-hybridized carbons (Fsp3) is 0.273. The highest BCUT2D eigenvalue weighted by Gasteiger charge is 2.21. The van der Waals surface area contributed by atoms with Crippen molar-refractivity contribution >= 4 is 23.0 Å². The van der Waals surface area contributed by atoms with Crippen LogP contribution in [0.1, 0.15) is 20.3 Å². The molecule has 0 bridgehead atoms. The Morgan fingerprint density at radius 2 is 1.94 bits per heavy atom. The molecule has 0 N–H and O–H groups in total. The van der Waals surface area contributed by atoms with Crippen LogP contribution in [0.5, 0.6) is 0 Å². The maximum absolute atomic E-state index is 8.56. The van der Waals surface area contributed by atoms with Crippen LogP contribution in [-0.4, -0.2) is 11.4 Å². The number of nitriles is 2. The van der Waals surface area contributed by atoms with Crippen molar-refractivity contribution in [3.63, 3.8) is 0 Å². The van der Waals surface area contributed by atoms with Gasteiger partial charge in [0.1, 0.15) is 0 Å². The maximum atomic E-state index is 8.56. The number of hydrogen-bond acceptors (Lipinski definition) is 4. The van der Waals surface area contributed by atoms with Gasteiger partial charge in [-0.3, -0.25) is 0 Å². The number of rotatable bonds is 1. The zero-order chi connectivity index (χ0) is 12.1. The van der Waals surface area contributed by atoms with Gasteiger partial charge in [0.15, 0.2) is 0 Å². The lowest BCUT2D eigenvalue weighted by atomic mass is 9.95. The molecule has 0 saturated carbocycles. The van der Waals surface area contributed by atoms with Crippen LogP contribution in [0.3, 0.4) is 0 Å². The minimum absolute atomic E-state index is 0.401. The molecule has 0 aromatic rings. The molecule has 0 saturated heterocycles. The van der Waals surface area contributed by atoms with Gasteiger partial charge in [0, 0.05) is 0 Å². The van der Waals surface area contributed by atoms with Gasteiger partial charge in [-0.15, -0.1) is 0 Å². The summed E-state index contributed by atoms with van der Waals surface area (Å²) in [5, 5.41) is 17.5. The second kappa shape index (κ2) is 5.25. The zero-order valence-corrected chi connectivity index (χ0v) is 9.71. The van der Waals surface area contributed by atoms with Crippen molar-refractivity contribution in [2.75, 3.05) is 0 Å². The van der Waals surface area contributed by atoms with E-state index in [1.807, 2.05) is 6.92 Å². The van der Waals surface area contributed by atoms with Crippen LogP contribution in [0, 0.1) is 22.9 Å². The molecule has 0 atom stereocenters. The lowest BCUT2D eigenvalue weighted by Crippen LogP contribution is -2.15. The number of aliphatic imine (C=N–C) groups is 2. The second-order valence-corrected chi connectivity index (χ2v) is 3.51. The first-order chi connectivity index (χ1) is 7.65. The molecule has 0 heterocycles. The van der Waals surface area contributed by atoms with Crippen molar-refractivity contribution in [2.24, 2.45) is 9.98 Å². The van der Waals surface area contributed by atoms with E-state index in [-0.39, 0.29) is 0 Å². The van der Waals surface area contributed by atoms with Crippen LogP contribution >= 0.6 is 11.6 Å². The summed E-state index contributed by atoms with van der Waals surface area (Å²) in [6.45, 7) is 3.68. The minimum Gasteiger partial charge on any atom is -0.173 e. The molecule has 5 heteroatoms. The Hall–Kier alpha value is -1.91. The van der Waals surface area contributed by atoms with E-state index in [0.29, 0.717) is 22.9 Å². The van der Waals surface area contributed by atoms with Crippen LogP contribution in [-0.2, 0) is 0 Å². The Kier molecular flexibility index (Phi) is 3.99. The van der Waals surface area contributed by atoms with Gasteiger partial charge in [-0.25, -0.2) is 0 Å². The summed E-state index contributed by atoms with van der Waals surface area (Å²) >= 11 is 6.12. The highest BCUT2D eigenvalue weighted by atomic mass is 35.5. The van der Waals surface area contributed by atoms with Crippen LogP contribution in [0.4, 0.5) is 0 Å². The van der Waals surface area contributed by atoms with E-state index in [4.69, 9.17) is 22.1 Å². The van der Waals surface area contributed by atoms with Gasteiger partial charge in [-0.2, -0.15) is 20.5 Å². The Labute approximate surface area is 98.9 Å². The van der Waals surface area contributed by atoms with Crippen LogP contribution in [0.2, 0.25) is 0 Å². The third kappa shape index (κ3) is 2.18. The maximum Gasteiger partial charge on any atom is 0.206 e. The van der Waals surface area contributed by atoms with E-state index in [1.54, 1.807) is 25.4 Å². The van der Waals surface area contributed by atoms with Crippen molar-refractivity contribution in [3.05, 3.63) is 22.3 Å². The first-order valence-corrected chi connectivity index (χ1v) is 5.05. The van der Waals surface area contributed by atoms with E-state index in [2.05, 4.69) is 9.98 Å². The van der Waals surface area contributed by atoms with Gasteiger partial charge in [0.2, 0.25) is 12.4 Å². The van der Waals surface area contributed by atoms with E-state index in [0.717, 1.165) is 11.1 Å². The topological polar surface area (TPSA) is 72.3 Å². The summed E-state index contributed by atoms with van der Waals surface area (Å²) < 4.78 is 0. The Morgan fingerprint density at radius 1 is 1.31 bits per heavy atom. The predicted molar refractivity (Wildman–Crippen MR) is 63.0 cm³/mol. The van der Waals surface area contributed by atoms with E-state index < -0.39 is 0 Å². The molecule has 0 amide bonds. The first-order valence-electron chi connectivity index (χ1n) is 4.67. The van der Waals surface area contributed by atoms with Gasteiger partial charge in [0.05, 0.1) is 16.5 Å². The summed E-state index contributed by atoms with van der Waals surface area (Å²) in [7, 11) is 0. The normalized spacial score (nSPS) is 20.7. The molecule has 1 rings (SSSR count). The molecule has 0 fully saturated rings. The smallest absolute Gasteiger partial charge is 0.173 e. The fourth-order valence-electron chi connectivity index (χ4n) is 1.47. The van der Waals surface area contributed by atoms with Crippen LogP contribution < -0.4 is 0 Å². The molecule has 0 aliphatic heterocycles. The van der Waals surface area contributed by atoms with Gasteiger partial charge in [0.25, 0.3) is 0 Å². The Morgan fingerprint density at radius 3 is 2.44 bits per heavy atom. The largest absolute Gasteiger partial charge is 0.206 e. The van der Waals surface area contributed by atoms with Crippen LogP contribution in [0.25, 0.3) is 0 Å². The number of allylic oxidation sites excluding steroid dienone is 4.